The fraction of sp³-hybridized carbons (Fsp3) is 0.400. The van der Waals surface area contributed by atoms with Crippen molar-refractivity contribution in [1.29, 1.82) is 0 Å². The van der Waals surface area contributed by atoms with Gasteiger partial charge in [-0.2, -0.15) is 0 Å². The van der Waals surface area contributed by atoms with Crippen molar-refractivity contribution >= 4 is 5.69 Å². The molecule has 0 amide bonds. The maximum absolute atomic E-state index is 9.05. The van der Waals surface area contributed by atoms with E-state index in [1.807, 2.05) is 42.5 Å². The highest BCUT2D eigenvalue weighted by molar-refractivity contribution is 5.49. The van der Waals surface area contributed by atoms with Crippen LogP contribution in [-0.2, 0) is 6.61 Å². The number of aliphatic hydroxyl groups excluding tert-OH is 1. The molecule has 25 heavy (non-hydrogen) atoms. The third-order valence-corrected chi connectivity index (χ3v) is 4.50. The van der Waals surface area contributed by atoms with E-state index in [-0.39, 0.29) is 6.61 Å². The lowest BCUT2D eigenvalue weighted by molar-refractivity contribution is 0.236. The van der Waals surface area contributed by atoms with Crippen molar-refractivity contribution < 1.29 is 14.6 Å². The number of hydrogen-bond acceptors (Lipinski definition) is 5. The highest BCUT2D eigenvalue weighted by Gasteiger charge is 2.22. The van der Waals surface area contributed by atoms with Gasteiger partial charge in [-0.05, 0) is 36.2 Å². The fourth-order valence-corrected chi connectivity index (χ4v) is 3.09. The molecule has 0 saturated carbocycles. The largest absolute Gasteiger partial charge is 0.497 e. The lowest BCUT2D eigenvalue weighted by atomic mass is 10.2. The van der Waals surface area contributed by atoms with E-state index >= 15 is 0 Å². The minimum Gasteiger partial charge on any atom is -0.497 e. The Hall–Kier alpha value is -2.24. The number of anilines is 1. The first-order valence-electron chi connectivity index (χ1n) is 8.72. The van der Waals surface area contributed by atoms with Crippen LogP contribution in [0.3, 0.4) is 0 Å². The summed E-state index contributed by atoms with van der Waals surface area (Å²) >= 11 is 0. The SMILES string of the molecule is COc1cccc(NC2CCN(CCOc3ccc(CO)cc3)C2)c1. The van der Waals surface area contributed by atoms with Gasteiger partial charge in [0.1, 0.15) is 18.1 Å². The predicted molar refractivity (Wildman–Crippen MR) is 99.3 cm³/mol. The van der Waals surface area contributed by atoms with Crippen LogP contribution in [0.15, 0.2) is 48.5 Å². The fourth-order valence-electron chi connectivity index (χ4n) is 3.09. The zero-order chi connectivity index (χ0) is 17.5. The molecule has 134 valence electrons. The Morgan fingerprint density at radius 3 is 2.76 bits per heavy atom. The van der Waals surface area contributed by atoms with E-state index < -0.39 is 0 Å². The Labute approximate surface area is 149 Å². The van der Waals surface area contributed by atoms with Crippen molar-refractivity contribution in [2.75, 3.05) is 38.7 Å². The van der Waals surface area contributed by atoms with Crippen molar-refractivity contribution in [1.82, 2.24) is 4.90 Å². The van der Waals surface area contributed by atoms with E-state index in [1.54, 1.807) is 7.11 Å². The standard InChI is InChI=1S/C20H26N2O3/c1-24-20-4-2-3-17(13-20)21-18-9-10-22(14-18)11-12-25-19-7-5-16(15-23)6-8-19/h2-8,13,18,21,23H,9-12,14-15H2,1H3. The van der Waals surface area contributed by atoms with Crippen molar-refractivity contribution in [2.45, 2.75) is 19.1 Å². The molecular formula is C20H26N2O3. The lowest BCUT2D eigenvalue weighted by Gasteiger charge is -2.18. The van der Waals surface area contributed by atoms with Gasteiger partial charge in [0.2, 0.25) is 0 Å². The number of rotatable bonds is 8. The Kier molecular flexibility index (Phi) is 6.14. The third-order valence-electron chi connectivity index (χ3n) is 4.50. The van der Waals surface area contributed by atoms with Gasteiger partial charge in [0, 0.05) is 37.4 Å². The summed E-state index contributed by atoms with van der Waals surface area (Å²) < 4.78 is 11.1. The third kappa shape index (κ3) is 5.11. The van der Waals surface area contributed by atoms with E-state index in [2.05, 4.69) is 16.3 Å². The number of nitrogens with one attached hydrogen (secondary N) is 1. The second kappa shape index (κ2) is 8.74. The molecule has 0 aromatic heterocycles. The summed E-state index contributed by atoms with van der Waals surface area (Å²) in [4.78, 5) is 2.42. The summed E-state index contributed by atoms with van der Waals surface area (Å²) in [5.41, 5.74) is 2.00. The number of likely N-dealkylation sites (tertiary alicyclic amines) is 1. The highest BCUT2D eigenvalue weighted by Crippen LogP contribution is 2.20. The Morgan fingerprint density at radius 1 is 1.16 bits per heavy atom. The second-order valence-corrected chi connectivity index (χ2v) is 6.31. The van der Waals surface area contributed by atoms with E-state index in [1.165, 1.54) is 0 Å². The van der Waals surface area contributed by atoms with Gasteiger partial charge >= 0.3 is 0 Å². The van der Waals surface area contributed by atoms with E-state index in [0.717, 1.165) is 48.8 Å². The van der Waals surface area contributed by atoms with Crippen LogP contribution in [0.4, 0.5) is 5.69 Å². The van der Waals surface area contributed by atoms with Gasteiger partial charge in [-0.1, -0.05) is 18.2 Å². The molecule has 0 spiro atoms. The van der Waals surface area contributed by atoms with Crippen molar-refractivity contribution in [3.05, 3.63) is 54.1 Å². The normalized spacial score (nSPS) is 17.4. The number of nitrogens with zero attached hydrogens (tertiary/aromatic N) is 1. The van der Waals surface area contributed by atoms with E-state index in [4.69, 9.17) is 14.6 Å². The molecule has 5 heteroatoms. The van der Waals surface area contributed by atoms with E-state index in [0.29, 0.717) is 12.6 Å². The van der Waals surface area contributed by atoms with Gasteiger partial charge in [-0.15, -0.1) is 0 Å². The lowest BCUT2D eigenvalue weighted by Crippen LogP contribution is -2.29. The first-order valence-corrected chi connectivity index (χ1v) is 8.72. The molecule has 0 radical (unpaired) electrons. The maximum atomic E-state index is 9.05. The quantitative estimate of drug-likeness (QED) is 0.773. The molecule has 1 aliphatic rings. The van der Waals surface area contributed by atoms with Gasteiger partial charge < -0.3 is 19.9 Å². The molecule has 5 nitrogen and oxygen atoms in total. The molecule has 2 aromatic carbocycles. The number of ether oxygens (including phenoxy) is 2. The average Bonchev–Trinajstić information content (AvgIpc) is 3.09. The maximum Gasteiger partial charge on any atom is 0.120 e. The Bertz CT molecular complexity index is 660. The molecule has 0 bridgehead atoms. The first kappa shape index (κ1) is 17.6. The molecule has 1 saturated heterocycles. The summed E-state index contributed by atoms with van der Waals surface area (Å²) in [6.45, 7) is 3.75. The molecule has 2 N–H and O–H groups in total. The summed E-state index contributed by atoms with van der Waals surface area (Å²) in [5.74, 6) is 1.72. The van der Waals surface area contributed by atoms with Crippen LogP contribution in [0, 0.1) is 0 Å². The molecule has 3 rings (SSSR count). The molecule has 0 aliphatic carbocycles. The zero-order valence-corrected chi connectivity index (χ0v) is 14.6. The molecule has 1 aliphatic heterocycles. The van der Waals surface area contributed by atoms with Crippen LogP contribution in [0.25, 0.3) is 0 Å². The van der Waals surface area contributed by atoms with Crippen molar-refractivity contribution in [3.63, 3.8) is 0 Å². The van der Waals surface area contributed by atoms with Crippen LogP contribution >= 0.6 is 0 Å². The van der Waals surface area contributed by atoms with E-state index in [9.17, 15) is 0 Å². The van der Waals surface area contributed by atoms with Gasteiger partial charge in [0.25, 0.3) is 0 Å². The molecule has 1 heterocycles. The number of hydrogen-bond donors (Lipinski definition) is 2. The smallest absolute Gasteiger partial charge is 0.120 e. The summed E-state index contributed by atoms with van der Waals surface area (Å²) in [6, 6.07) is 16.1. The molecular weight excluding hydrogens is 316 g/mol. The van der Waals surface area contributed by atoms with Crippen molar-refractivity contribution in [2.24, 2.45) is 0 Å². The van der Waals surface area contributed by atoms with Crippen LogP contribution in [0.5, 0.6) is 11.5 Å². The average molecular weight is 342 g/mol. The summed E-state index contributed by atoms with van der Waals surface area (Å²) in [7, 11) is 1.69. The summed E-state index contributed by atoms with van der Waals surface area (Å²) in [5, 5.41) is 12.6. The number of benzene rings is 2. The second-order valence-electron chi connectivity index (χ2n) is 6.31. The van der Waals surface area contributed by atoms with Gasteiger partial charge in [0.05, 0.1) is 13.7 Å². The monoisotopic (exact) mass is 342 g/mol. The van der Waals surface area contributed by atoms with Gasteiger partial charge in [0.15, 0.2) is 0 Å². The zero-order valence-electron chi connectivity index (χ0n) is 14.6. The molecule has 1 fully saturated rings. The minimum atomic E-state index is 0.0652. The van der Waals surface area contributed by atoms with Crippen LogP contribution < -0.4 is 14.8 Å². The summed E-state index contributed by atoms with van der Waals surface area (Å²) in [6.07, 6.45) is 1.13. The highest BCUT2D eigenvalue weighted by atomic mass is 16.5. The van der Waals surface area contributed by atoms with Crippen LogP contribution in [0.2, 0.25) is 0 Å². The van der Waals surface area contributed by atoms with Crippen LogP contribution in [0.1, 0.15) is 12.0 Å². The Balaban J connectivity index is 1.40. The predicted octanol–water partition coefficient (Wildman–Crippen LogP) is 2.75. The number of aliphatic hydroxyl groups is 1. The first-order chi connectivity index (χ1) is 12.3. The minimum absolute atomic E-state index is 0.0652. The van der Waals surface area contributed by atoms with Gasteiger partial charge in [-0.25, -0.2) is 0 Å². The Morgan fingerprint density at radius 2 is 2.00 bits per heavy atom. The topological polar surface area (TPSA) is 54.0 Å². The van der Waals surface area contributed by atoms with Crippen molar-refractivity contribution in [3.8, 4) is 11.5 Å². The number of methoxy groups -OCH3 is 1. The molecule has 1 unspecified atom stereocenters. The molecule has 1 atom stereocenters. The van der Waals surface area contributed by atoms with Gasteiger partial charge in [-0.3, -0.25) is 4.90 Å². The van der Waals surface area contributed by atoms with Crippen LogP contribution in [-0.4, -0.2) is 49.4 Å². The molecule has 2 aromatic rings.